The Morgan fingerprint density at radius 2 is 1.75 bits per heavy atom. The van der Waals surface area contributed by atoms with Crippen molar-refractivity contribution in [3.05, 3.63) is 0 Å². The molecule has 0 N–H and O–H groups in total. The maximum absolute atomic E-state index is 11.0. The number of amides is 1. The van der Waals surface area contributed by atoms with Gasteiger partial charge in [-0.3, -0.25) is 4.79 Å². The number of halogens is 4. The van der Waals surface area contributed by atoms with Crippen LogP contribution in [0.5, 0.6) is 0 Å². The number of hydrogen-bond acceptors (Lipinski definition) is 1. The number of rotatable bonds is 1. The molecule has 0 unspecified atom stereocenters. The smallest absolute Gasteiger partial charge is 0.276 e. The third-order valence-corrected chi connectivity index (χ3v) is 0.335. The van der Waals surface area contributed by atoms with Crippen molar-refractivity contribution in [1.82, 2.24) is 5.12 Å². The van der Waals surface area contributed by atoms with E-state index in [0.717, 1.165) is 0 Å². The number of carbonyl (C=O) groups excluding carboxylic acids is 1. The molecule has 0 atom stereocenters. The van der Waals surface area contributed by atoms with E-state index in [9.17, 15) is 17.7 Å². The van der Waals surface area contributed by atoms with Crippen LogP contribution in [-0.4, -0.2) is 17.8 Å². The van der Waals surface area contributed by atoms with Gasteiger partial charge in [0.15, 0.2) is 0 Å². The average molecular weight is 131 g/mol. The Morgan fingerprint density at radius 3 is 1.75 bits per heavy atom. The first kappa shape index (κ1) is 7.19. The van der Waals surface area contributed by atoms with E-state index >= 15 is 0 Å². The number of carbonyl (C=O) groups is 1. The van der Waals surface area contributed by atoms with E-state index < -0.39 is 17.8 Å². The molecule has 1 amide bonds. The lowest BCUT2D eigenvalue weighted by Crippen LogP contribution is -2.28. The van der Waals surface area contributed by atoms with Crippen LogP contribution in [0.4, 0.5) is 17.7 Å². The zero-order valence-corrected chi connectivity index (χ0v) is 3.44. The summed E-state index contributed by atoms with van der Waals surface area (Å²) in [6.07, 6.45) is -6.15. The Hall–Kier alpha value is -0.810. The maximum atomic E-state index is 11.0. The standard InChI is InChI=1S/C2HF4NO/c3-2(4,5)7(6)1-8/h1H. The van der Waals surface area contributed by atoms with Crippen molar-refractivity contribution < 1.29 is 22.4 Å². The number of alkyl halides is 3. The van der Waals surface area contributed by atoms with Crippen LogP contribution in [0, 0.1) is 0 Å². The molecule has 2 nitrogen and oxygen atoms in total. The summed E-state index contributed by atoms with van der Waals surface area (Å²) in [4.78, 5) is 8.98. The molecule has 0 heterocycles. The Morgan fingerprint density at radius 1 is 1.38 bits per heavy atom. The quantitative estimate of drug-likeness (QED) is 0.223. The summed E-state index contributed by atoms with van der Waals surface area (Å²) in [5, 5.41) is -1.87. The number of hydrogen-bond donors (Lipinski definition) is 0. The van der Waals surface area contributed by atoms with Gasteiger partial charge in [0.05, 0.1) is 0 Å². The first-order valence-corrected chi connectivity index (χ1v) is 1.45. The Labute approximate surface area is 41.6 Å². The molecule has 0 aromatic heterocycles. The van der Waals surface area contributed by atoms with Gasteiger partial charge in [-0.2, -0.15) is 0 Å². The van der Waals surface area contributed by atoms with E-state index in [1.165, 1.54) is 0 Å². The second-order valence-corrected chi connectivity index (χ2v) is 0.884. The van der Waals surface area contributed by atoms with Crippen LogP contribution in [0.2, 0.25) is 0 Å². The Kier molecular flexibility index (Phi) is 1.77. The van der Waals surface area contributed by atoms with Crippen LogP contribution < -0.4 is 0 Å². The highest BCUT2D eigenvalue weighted by atomic mass is 19.4. The molecule has 0 spiro atoms. The normalized spacial score (nSPS) is 11.0. The summed E-state index contributed by atoms with van der Waals surface area (Å²) in [6.45, 7) is 0. The molecule has 0 bridgehead atoms. The second-order valence-electron chi connectivity index (χ2n) is 0.884. The number of nitrogens with zero attached hydrogens (tertiary/aromatic N) is 1. The average Bonchev–Trinajstić information content (AvgIpc) is 1.62. The molecule has 48 valence electrons. The van der Waals surface area contributed by atoms with Crippen LogP contribution in [0.1, 0.15) is 0 Å². The molecule has 0 aromatic rings. The zero-order chi connectivity index (χ0) is 6.78. The van der Waals surface area contributed by atoms with Crippen molar-refractivity contribution in [3.8, 4) is 0 Å². The van der Waals surface area contributed by atoms with Crippen LogP contribution in [0.15, 0.2) is 0 Å². The van der Waals surface area contributed by atoms with Gasteiger partial charge in [-0.15, -0.1) is 13.2 Å². The van der Waals surface area contributed by atoms with Gasteiger partial charge in [0.1, 0.15) is 0 Å². The topological polar surface area (TPSA) is 20.3 Å². The predicted octanol–water partition coefficient (Wildman–Crippen LogP) is 0.849. The minimum atomic E-state index is -5.19. The molecule has 0 saturated heterocycles. The van der Waals surface area contributed by atoms with Crippen molar-refractivity contribution >= 4 is 6.41 Å². The maximum Gasteiger partial charge on any atom is 0.514 e. The molecule has 0 fully saturated rings. The van der Waals surface area contributed by atoms with Crippen LogP contribution in [0.25, 0.3) is 0 Å². The first-order chi connectivity index (χ1) is 3.48. The predicted molar refractivity (Wildman–Crippen MR) is 15.1 cm³/mol. The van der Waals surface area contributed by atoms with Crippen molar-refractivity contribution in [1.29, 1.82) is 0 Å². The van der Waals surface area contributed by atoms with Crippen molar-refractivity contribution in [3.63, 3.8) is 0 Å². The van der Waals surface area contributed by atoms with E-state index in [4.69, 9.17) is 4.79 Å². The highest BCUT2D eigenvalue weighted by Crippen LogP contribution is 2.18. The van der Waals surface area contributed by atoms with Crippen LogP contribution >= 0.6 is 0 Å². The van der Waals surface area contributed by atoms with Crippen molar-refractivity contribution in [2.24, 2.45) is 0 Å². The van der Waals surface area contributed by atoms with E-state index in [1.807, 2.05) is 0 Å². The monoisotopic (exact) mass is 131 g/mol. The van der Waals surface area contributed by atoms with Gasteiger partial charge in [0.2, 0.25) is 6.41 Å². The molecule has 8 heavy (non-hydrogen) atoms. The summed E-state index contributed by atoms with van der Waals surface area (Å²) in [5.74, 6) is 0. The molecule has 0 rings (SSSR count). The molecule has 0 aromatic carbocycles. The third-order valence-electron chi connectivity index (χ3n) is 0.335. The van der Waals surface area contributed by atoms with Gasteiger partial charge in [0.25, 0.3) is 0 Å². The molecular formula is C2HF4NO. The molecular weight excluding hydrogens is 130 g/mol. The fraction of sp³-hybridized carbons (Fsp3) is 0.500. The summed E-state index contributed by atoms with van der Waals surface area (Å²) >= 11 is 0. The van der Waals surface area contributed by atoms with E-state index in [-0.39, 0.29) is 0 Å². The van der Waals surface area contributed by atoms with Gasteiger partial charge in [-0.1, -0.05) is 9.60 Å². The zero-order valence-electron chi connectivity index (χ0n) is 3.44. The van der Waals surface area contributed by atoms with Crippen LogP contribution in [0.3, 0.4) is 0 Å². The largest absolute Gasteiger partial charge is 0.514 e. The SMILES string of the molecule is O=CN(F)C(F)(F)F. The minimum absolute atomic E-state index is 0.958. The van der Waals surface area contributed by atoms with Gasteiger partial charge < -0.3 is 0 Å². The van der Waals surface area contributed by atoms with E-state index in [1.54, 1.807) is 0 Å². The summed E-state index contributed by atoms with van der Waals surface area (Å²) in [6, 6.07) is 0. The molecule has 0 aliphatic heterocycles. The van der Waals surface area contributed by atoms with Crippen molar-refractivity contribution in [2.75, 3.05) is 0 Å². The second kappa shape index (κ2) is 1.97. The Balaban J connectivity index is 3.80. The molecule has 0 radical (unpaired) electrons. The van der Waals surface area contributed by atoms with Crippen molar-refractivity contribution in [2.45, 2.75) is 6.30 Å². The molecule has 0 saturated carbocycles. The molecule has 6 heteroatoms. The van der Waals surface area contributed by atoms with Gasteiger partial charge >= 0.3 is 6.30 Å². The summed E-state index contributed by atoms with van der Waals surface area (Å²) in [7, 11) is 0. The third kappa shape index (κ3) is 1.76. The lowest BCUT2D eigenvalue weighted by Gasteiger charge is -2.06. The van der Waals surface area contributed by atoms with E-state index in [0.29, 0.717) is 0 Å². The van der Waals surface area contributed by atoms with Gasteiger partial charge in [0, 0.05) is 0 Å². The molecule has 0 aliphatic rings. The van der Waals surface area contributed by atoms with Gasteiger partial charge in [-0.25, -0.2) is 0 Å². The van der Waals surface area contributed by atoms with Gasteiger partial charge in [-0.05, 0) is 0 Å². The Bertz CT molecular complexity index is 88.5. The van der Waals surface area contributed by atoms with Crippen LogP contribution in [-0.2, 0) is 4.79 Å². The fourth-order valence-corrected chi connectivity index (χ4v) is 0.0598. The first-order valence-electron chi connectivity index (χ1n) is 1.45. The lowest BCUT2D eigenvalue weighted by molar-refractivity contribution is -0.290. The summed E-state index contributed by atoms with van der Waals surface area (Å²) < 4.78 is 43.3. The fourth-order valence-electron chi connectivity index (χ4n) is 0.0598. The minimum Gasteiger partial charge on any atom is -0.276 e. The highest BCUT2D eigenvalue weighted by Gasteiger charge is 2.37. The molecule has 0 aliphatic carbocycles. The van der Waals surface area contributed by atoms with E-state index in [2.05, 4.69) is 0 Å². The highest BCUT2D eigenvalue weighted by molar-refractivity contribution is 5.45. The summed E-state index contributed by atoms with van der Waals surface area (Å²) in [5.41, 5.74) is 0. The lowest BCUT2D eigenvalue weighted by atomic mass is 11.0.